The van der Waals surface area contributed by atoms with Crippen LogP contribution in [0.5, 0.6) is 0 Å². The summed E-state index contributed by atoms with van der Waals surface area (Å²) in [5, 5.41) is 9.53. The van der Waals surface area contributed by atoms with Crippen molar-refractivity contribution in [3.8, 4) is 5.69 Å². The number of benzene rings is 1. The quantitative estimate of drug-likeness (QED) is 0.513. The van der Waals surface area contributed by atoms with Crippen molar-refractivity contribution in [3.63, 3.8) is 0 Å². The molecule has 30 heavy (non-hydrogen) atoms. The van der Waals surface area contributed by atoms with Crippen molar-refractivity contribution in [2.45, 2.75) is 19.9 Å². The van der Waals surface area contributed by atoms with E-state index in [0.29, 0.717) is 5.69 Å². The van der Waals surface area contributed by atoms with E-state index < -0.39 is 24.0 Å². The molecule has 2 heterocycles. The van der Waals surface area contributed by atoms with Gasteiger partial charge in [-0.1, -0.05) is 18.2 Å². The molecule has 0 aliphatic carbocycles. The number of allylic oxidation sites excluding steroid dienone is 1. The third-order valence-corrected chi connectivity index (χ3v) is 4.59. The molecule has 2 amide bonds. The number of hydrogen-bond acceptors (Lipinski definition) is 6. The highest BCUT2D eigenvalue weighted by molar-refractivity contribution is 6.20. The van der Waals surface area contributed by atoms with Crippen molar-refractivity contribution in [2.75, 3.05) is 19.1 Å². The summed E-state index contributed by atoms with van der Waals surface area (Å²) in [6, 6.07) is 7.54. The van der Waals surface area contributed by atoms with Gasteiger partial charge in [0.05, 0.1) is 36.4 Å². The topological polar surface area (TPSA) is 112 Å². The van der Waals surface area contributed by atoms with E-state index in [1.165, 1.54) is 4.68 Å². The Kier molecular flexibility index (Phi) is 6.73. The second kappa shape index (κ2) is 9.45. The molecule has 0 fully saturated rings. The molecule has 1 aliphatic heterocycles. The lowest BCUT2D eigenvalue weighted by Crippen LogP contribution is -2.46. The predicted molar refractivity (Wildman–Crippen MR) is 108 cm³/mol. The lowest BCUT2D eigenvalue weighted by Gasteiger charge is -2.28. The van der Waals surface area contributed by atoms with Crippen LogP contribution in [-0.2, 0) is 14.3 Å². The number of aromatic nitrogens is 2. The number of hydrogen-bond donors (Lipinski definition) is 2. The summed E-state index contributed by atoms with van der Waals surface area (Å²) in [6.45, 7) is 3.61. The summed E-state index contributed by atoms with van der Waals surface area (Å²) in [5.74, 6) is -1.46. The summed E-state index contributed by atoms with van der Waals surface area (Å²) in [4.78, 5) is 37.5. The molecule has 0 saturated heterocycles. The summed E-state index contributed by atoms with van der Waals surface area (Å²) < 4.78 is 11.8. The van der Waals surface area contributed by atoms with Gasteiger partial charge in [0.25, 0.3) is 0 Å². The molecule has 158 valence electrons. The maximum atomic E-state index is 12.7. The van der Waals surface area contributed by atoms with E-state index >= 15 is 0 Å². The van der Waals surface area contributed by atoms with Crippen LogP contribution >= 0.6 is 11.6 Å². The van der Waals surface area contributed by atoms with Crippen molar-refractivity contribution >= 4 is 29.6 Å². The van der Waals surface area contributed by atoms with Crippen LogP contribution in [0.2, 0.25) is 0 Å². The predicted octanol–water partition coefficient (Wildman–Crippen LogP) is 2.46. The van der Waals surface area contributed by atoms with Gasteiger partial charge in [0.15, 0.2) is 5.69 Å². The minimum absolute atomic E-state index is 0.0244. The first kappa shape index (κ1) is 21.4. The van der Waals surface area contributed by atoms with Gasteiger partial charge in [-0.15, -0.1) is 11.6 Å². The van der Waals surface area contributed by atoms with E-state index in [4.69, 9.17) is 21.1 Å². The second-order valence-corrected chi connectivity index (χ2v) is 6.48. The van der Waals surface area contributed by atoms with Crippen molar-refractivity contribution in [1.82, 2.24) is 20.4 Å². The van der Waals surface area contributed by atoms with Gasteiger partial charge in [0.1, 0.15) is 0 Å². The molecule has 1 aromatic heterocycles. The third-order valence-electron chi connectivity index (χ3n) is 4.33. The Morgan fingerprint density at radius 1 is 1.13 bits per heavy atom. The summed E-state index contributed by atoms with van der Waals surface area (Å²) in [5.41, 5.74) is 1.26. The standard InChI is InChI=1S/C20H21ClN4O5/c1-3-29-18(26)15-14(10-21)22-20(28)23-16(15)13-11-25(12-8-6-5-7-9-12)24-17(13)19(27)30-4-2/h5-9,11,16H,3-4,10H2,1-2H3,(H2,22,23,28)/t16-/m1/s1. The van der Waals surface area contributed by atoms with Gasteiger partial charge in [-0.05, 0) is 26.0 Å². The maximum absolute atomic E-state index is 12.7. The van der Waals surface area contributed by atoms with E-state index in [1.54, 1.807) is 32.2 Å². The number of para-hydroxylation sites is 1. The molecule has 0 radical (unpaired) electrons. The third kappa shape index (κ3) is 4.30. The van der Waals surface area contributed by atoms with Crippen LogP contribution in [-0.4, -0.2) is 46.8 Å². The van der Waals surface area contributed by atoms with Crippen molar-refractivity contribution in [3.05, 3.63) is 59.1 Å². The normalized spacial score (nSPS) is 16.0. The lowest BCUT2D eigenvalue weighted by molar-refractivity contribution is -0.139. The number of amides is 2. The number of halogens is 1. The Hall–Kier alpha value is -3.33. The smallest absolute Gasteiger partial charge is 0.359 e. The Morgan fingerprint density at radius 2 is 1.80 bits per heavy atom. The average molecular weight is 433 g/mol. The average Bonchev–Trinajstić information content (AvgIpc) is 3.19. The number of nitrogens with one attached hydrogen (secondary N) is 2. The van der Waals surface area contributed by atoms with E-state index in [1.807, 2.05) is 18.2 Å². The molecule has 0 unspecified atom stereocenters. The van der Waals surface area contributed by atoms with E-state index in [-0.39, 0.29) is 41.6 Å². The first-order valence-electron chi connectivity index (χ1n) is 9.35. The lowest BCUT2D eigenvalue weighted by atomic mass is 9.95. The number of carbonyl (C=O) groups is 3. The molecule has 9 nitrogen and oxygen atoms in total. The fourth-order valence-corrected chi connectivity index (χ4v) is 3.29. The van der Waals surface area contributed by atoms with Crippen LogP contribution in [0.3, 0.4) is 0 Å². The van der Waals surface area contributed by atoms with E-state index in [2.05, 4.69) is 15.7 Å². The Balaban J connectivity index is 2.17. The van der Waals surface area contributed by atoms with Crippen molar-refractivity contribution in [2.24, 2.45) is 0 Å². The van der Waals surface area contributed by atoms with Gasteiger partial charge >= 0.3 is 18.0 Å². The minimum atomic E-state index is -0.997. The molecular formula is C20H21ClN4O5. The molecule has 1 atom stereocenters. The highest BCUT2D eigenvalue weighted by Gasteiger charge is 2.37. The number of alkyl halides is 1. The zero-order valence-corrected chi connectivity index (χ0v) is 17.2. The number of carbonyl (C=O) groups excluding carboxylic acids is 3. The van der Waals surface area contributed by atoms with Crippen LogP contribution in [0.25, 0.3) is 5.69 Å². The molecular weight excluding hydrogens is 412 g/mol. The van der Waals surface area contributed by atoms with Crippen molar-refractivity contribution < 1.29 is 23.9 Å². The van der Waals surface area contributed by atoms with Gasteiger partial charge in [-0.3, -0.25) is 0 Å². The van der Waals surface area contributed by atoms with Gasteiger partial charge in [0, 0.05) is 17.5 Å². The molecule has 1 aliphatic rings. The Bertz CT molecular complexity index is 986. The van der Waals surface area contributed by atoms with Gasteiger partial charge < -0.3 is 20.1 Å². The molecule has 0 saturated carbocycles. The van der Waals surface area contributed by atoms with Gasteiger partial charge in [0.2, 0.25) is 0 Å². The number of rotatable bonds is 7. The van der Waals surface area contributed by atoms with Crippen LogP contribution < -0.4 is 10.6 Å². The first-order chi connectivity index (χ1) is 14.5. The SMILES string of the molecule is CCOC(=O)C1=C(CCl)NC(=O)N[C@@H]1c1cn(-c2ccccc2)nc1C(=O)OCC. The Labute approximate surface area is 178 Å². The summed E-state index contributed by atoms with van der Waals surface area (Å²) in [7, 11) is 0. The first-order valence-corrected chi connectivity index (χ1v) is 9.89. The summed E-state index contributed by atoms with van der Waals surface area (Å²) in [6.07, 6.45) is 1.57. The highest BCUT2D eigenvalue weighted by atomic mass is 35.5. The zero-order chi connectivity index (χ0) is 21.7. The summed E-state index contributed by atoms with van der Waals surface area (Å²) >= 11 is 5.97. The largest absolute Gasteiger partial charge is 0.463 e. The monoisotopic (exact) mass is 432 g/mol. The van der Waals surface area contributed by atoms with Gasteiger partial charge in [-0.25, -0.2) is 19.1 Å². The molecule has 1 aromatic carbocycles. The molecule has 2 N–H and O–H groups in total. The van der Waals surface area contributed by atoms with Crippen LogP contribution in [0.4, 0.5) is 4.79 Å². The van der Waals surface area contributed by atoms with E-state index in [0.717, 1.165) is 0 Å². The number of ether oxygens (including phenoxy) is 2. The highest BCUT2D eigenvalue weighted by Crippen LogP contribution is 2.31. The van der Waals surface area contributed by atoms with E-state index in [9.17, 15) is 14.4 Å². The number of urea groups is 1. The fraction of sp³-hybridized carbons (Fsp3) is 0.300. The maximum Gasteiger partial charge on any atom is 0.359 e. The second-order valence-electron chi connectivity index (χ2n) is 6.21. The number of esters is 2. The Morgan fingerprint density at radius 3 is 2.43 bits per heavy atom. The molecule has 3 rings (SSSR count). The molecule has 2 aromatic rings. The minimum Gasteiger partial charge on any atom is -0.463 e. The molecule has 0 bridgehead atoms. The van der Waals surface area contributed by atoms with Crippen LogP contribution in [0, 0.1) is 0 Å². The fourth-order valence-electron chi connectivity index (χ4n) is 3.08. The molecule has 0 spiro atoms. The number of nitrogens with zero attached hydrogens (tertiary/aromatic N) is 2. The van der Waals surface area contributed by atoms with Crippen LogP contribution in [0.1, 0.15) is 35.9 Å². The van der Waals surface area contributed by atoms with Crippen molar-refractivity contribution in [1.29, 1.82) is 0 Å². The van der Waals surface area contributed by atoms with Crippen LogP contribution in [0.15, 0.2) is 47.8 Å². The zero-order valence-electron chi connectivity index (χ0n) is 16.5. The molecule has 10 heteroatoms. The van der Waals surface area contributed by atoms with Gasteiger partial charge in [-0.2, -0.15) is 5.10 Å².